The zero-order valence-corrected chi connectivity index (χ0v) is 12.8. The van der Waals surface area contributed by atoms with Crippen molar-refractivity contribution in [2.24, 2.45) is 0 Å². The van der Waals surface area contributed by atoms with Gasteiger partial charge in [-0.2, -0.15) is 13.2 Å². The summed E-state index contributed by atoms with van der Waals surface area (Å²) in [5.41, 5.74) is 0.795. The predicted molar refractivity (Wildman–Crippen MR) is 86.9 cm³/mol. The van der Waals surface area contributed by atoms with E-state index in [1.807, 2.05) is 0 Å². The average Bonchev–Trinajstić information content (AvgIpc) is 2.60. The molecule has 0 radical (unpaired) electrons. The lowest BCUT2D eigenvalue weighted by Gasteiger charge is -2.09. The number of hydrogen-bond donors (Lipinski definition) is 2. The van der Waals surface area contributed by atoms with Crippen LogP contribution in [0.2, 0.25) is 0 Å². The molecule has 0 atom stereocenters. The van der Waals surface area contributed by atoms with Crippen LogP contribution >= 0.6 is 0 Å². The van der Waals surface area contributed by atoms with Gasteiger partial charge in [0.1, 0.15) is 0 Å². The molecule has 2 heterocycles. The lowest BCUT2D eigenvalue weighted by molar-refractivity contribution is -0.137. The monoisotopic (exact) mass is 346 g/mol. The molecule has 0 bridgehead atoms. The number of halogens is 3. The van der Waals surface area contributed by atoms with Crippen LogP contribution in [0.5, 0.6) is 0 Å². The van der Waals surface area contributed by atoms with Gasteiger partial charge in [0.25, 0.3) is 5.56 Å². The third kappa shape index (κ3) is 4.23. The van der Waals surface area contributed by atoms with Gasteiger partial charge in [0.2, 0.25) is 5.95 Å². The molecule has 0 unspecified atom stereocenters. The van der Waals surface area contributed by atoms with Crippen LogP contribution in [0.1, 0.15) is 11.1 Å². The fraction of sp³-hybridized carbons (Fsp3) is 0.118. The van der Waals surface area contributed by atoms with E-state index < -0.39 is 11.7 Å². The smallest absolute Gasteiger partial charge is 0.352 e. The van der Waals surface area contributed by atoms with Crippen LogP contribution in [0.4, 0.5) is 19.1 Å². The van der Waals surface area contributed by atoms with E-state index in [1.165, 1.54) is 18.2 Å². The molecule has 0 fully saturated rings. The highest BCUT2D eigenvalue weighted by molar-refractivity contribution is 5.59. The Labute approximate surface area is 140 Å². The van der Waals surface area contributed by atoms with E-state index in [0.717, 1.165) is 17.7 Å². The van der Waals surface area contributed by atoms with Crippen LogP contribution in [-0.4, -0.2) is 15.0 Å². The van der Waals surface area contributed by atoms with Crippen molar-refractivity contribution in [2.75, 3.05) is 5.32 Å². The van der Waals surface area contributed by atoms with Gasteiger partial charge < -0.3 is 5.32 Å². The van der Waals surface area contributed by atoms with Crippen molar-refractivity contribution in [2.45, 2.75) is 12.7 Å². The molecule has 5 nitrogen and oxygen atoms in total. The number of anilines is 1. The summed E-state index contributed by atoms with van der Waals surface area (Å²) in [7, 11) is 0. The number of nitrogens with zero attached hydrogens (tertiary/aromatic N) is 2. The summed E-state index contributed by atoms with van der Waals surface area (Å²) in [5, 5.41) is 2.91. The van der Waals surface area contributed by atoms with Gasteiger partial charge in [-0.3, -0.25) is 14.8 Å². The van der Waals surface area contributed by atoms with Gasteiger partial charge >= 0.3 is 6.18 Å². The number of pyridine rings is 1. The number of rotatable bonds is 4. The maximum Gasteiger partial charge on any atom is 0.416 e. The van der Waals surface area contributed by atoms with E-state index in [9.17, 15) is 18.0 Å². The van der Waals surface area contributed by atoms with Crippen LogP contribution in [0, 0.1) is 0 Å². The Bertz CT molecular complexity index is 906. The molecule has 2 N–H and O–H groups in total. The highest BCUT2D eigenvalue weighted by atomic mass is 19.4. The normalized spacial score (nSPS) is 11.3. The summed E-state index contributed by atoms with van der Waals surface area (Å²) < 4.78 is 37.7. The Hall–Kier alpha value is -3.16. The molecule has 3 aromatic rings. The lowest BCUT2D eigenvalue weighted by Crippen LogP contribution is -2.13. The second kappa shape index (κ2) is 6.76. The summed E-state index contributed by atoms with van der Waals surface area (Å²) in [6.45, 7) is 0.223. The first-order valence-corrected chi connectivity index (χ1v) is 7.33. The third-order valence-electron chi connectivity index (χ3n) is 3.46. The topological polar surface area (TPSA) is 70.7 Å². The minimum Gasteiger partial charge on any atom is -0.352 e. The molecule has 0 spiro atoms. The van der Waals surface area contributed by atoms with Crippen LogP contribution in [-0.2, 0) is 12.7 Å². The Morgan fingerprint density at radius 2 is 1.72 bits per heavy atom. The molecule has 2 aromatic heterocycles. The Morgan fingerprint density at radius 3 is 2.36 bits per heavy atom. The molecular weight excluding hydrogens is 333 g/mol. The second-order valence-electron chi connectivity index (χ2n) is 5.26. The SMILES string of the molecule is O=c1cc(-c2ccncc2)nc(NCc2ccc(C(F)(F)F)cc2)[nH]1. The van der Waals surface area contributed by atoms with Gasteiger partial charge in [-0.1, -0.05) is 12.1 Å². The van der Waals surface area contributed by atoms with Gasteiger partial charge in [-0.15, -0.1) is 0 Å². The Morgan fingerprint density at radius 1 is 1.04 bits per heavy atom. The fourth-order valence-electron chi connectivity index (χ4n) is 2.21. The van der Waals surface area contributed by atoms with Crippen molar-refractivity contribution >= 4 is 5.95 Å². The third-order valence-corrected chi connectivity index (χ3v) is 3.46. The van der Waals surface area contributed by atoms with Crippen LogP contribution in [0.3, 0.4) is 0 Å². The number of nitrogens with one attached hydrogen (secondary N) is 2. The van der Waals surface area contributed by atoms with E-state index in [2.05, 4.69) is 20.3 Å². The number of alkyl halides is 3. The maximum absolute atomic E-state index is 12.6. The Balaban J connectivity index is 1.75. The first-order valence-electron chi connectivity index (χ1n) is 7.33. The molecule has 0 amide bonds. The number of H-pyrrole nitrogens is 1. The molecule has 1 aromatic carbocycles. The molecule has 8 heteroatoms. The molecule has 0 aliphatic rings. The molecule has 3 rings (SSSR count). The first-order chi connectivity index (χ1) is 11.9. The molecule has 25 heavy (non-hydrogen) atoms. The maximum atomic E-state index is 12.6. The largest absolute Gasteiger partial charge is 0.416 e. The van der Waals surface area contributed by atoms with Gasteiger partial charge in [-0.25, -0.2) is 4.98 Å². The van der Waals surface area contributed by atoms with Gasteiger partial charge in [-0.05, 0) is 29.8 Å². The van der Waals surface area contributed by atoms with E-state index in [4.69, 9.17) is 0 Å². The minimum absolute atomic E-state index is 0.223. The molecule has 128 valence electrons. The van der Waals surface area contributed by atoms with Gasteiger partial charge in [0.05, 0.1) is 11.3 Å². The van der Waals surface area contributed by atoms with Crippen molar-refractivity contribution in [3.05, 3.63) is 76.3 Å². The zero-order valence-electron chi connectivity index (χ0n) is 12.8. The number of aromatic amines is 1. The van der Waals surface area contributed by atoms with Gasteiger partial charge in [0, 0.05) is 30.6 Å². The van der Waals surface area contributed by atoms with Crippen molar-refractivity contribution in [3.63, 3.8) is 0 Å². The number of aromatic nitrogens is 3. The molecule has 0 saturated carbocycles. The van der Waals surface area contributed by atoms with Crippen LogP contribution < -0.4 is 10.9 Å². The van der Waals surface area contributed by atoms with E-state index in [0.29, 0.717) is 11.3 Å². The summed E-state index contributed by atoms with van der Waals surface area (Å²) in [6.07, 6.45) is -1.18. The highest BCUT2D eigenvalue weighted by Gasteiger charge is 2.29. The number of benzene rings is 1. The predicted octanol–water partition coefficient (Wildman–Crippen LogP) is 3.46. The van der Waals surface area contributed by atoms with E-state index in [1.54, 1.807) is 24.5 Å². The lowest BCUT2D eigenvalue weighted by atomic mass is 10.1. The second-order valence-corrected chi connectivity index (χ2v) is 5.26. The van der Waals surface area contributed by atoms with Crippen molar-refractivity contribution in [3.8, 4) is 11.3 Å². The number of hydrogen-bond acceptors (Lipinski definition) is 4. The minimum atomic E-state index is -4.36. The van der Waals surface area contributed by atoms with Gasteiger partial charge in [0.15, 0.2) is 0 Å². The van der Waals surface area contributed by atoms with Crippen molar-refractivity contribution in [1.29, 1.82) is 0 Å². The Kier molecular flexibility index (Phi) is 4.51. The summed E-state index contributed by atoms with van der Waals surface area (Å²) in [4.78, 5) is 22.5. The van der Waals surface area contributed by atoms with E-state index in [-0.39, 0.29) is 18.1 Å². The molecule has 0 aliphatic heterocycles. The zero-order chi connectivity index (χ0) is 17.9. The van der Waals surface area contributed by atoms with Crippen molar-refractivity contribution in [1.82, 2.24) is 15.0 Å². The quantitative estimate of drug-likeness (QED) is 0.759. The summed E-state index contributed by atoms with van der Waals surface area (Å²) >= 11 is 0. The van der Waals surface area contributed by atoms with Crippen molar-refractivity contribution < 1.29 is 13.2 Å². The van der Waals surface area contributed by atoms with Crippen LogP contribution in [0.15, 0.2) is 59.7 Å². The molecular formula is C17H13F3N4O. The molecule has 0 aliphatic carbocycles. The van der Waals surface area contributed by atoms with Crippen LogP contribution in [0.25, 0.3) is 11.3 Å². The summed E-state index contributed by atoms with van der Waals surface area (Å²) in [6, 6.07) is 9.59. The first kappa shape index (κ1) is 16.7. The fourth-order valence-corrected chi connectivity index (χ4v) is 2.21. The summed E-state index contributed by atoms with van der Waals surface area (Å²) in [5.74, 6) is 0.235. The molecule has 0 saturated heterocycles. The average molecular weight is 346 g/mol. The van der Waals surface area contributed by atoms with E-state index >= 15 is 0 Å². The standard InChI is InChI=1S/C17H13F3N4O/c18-17(19,20)13-3-1-11(2-4-13)10-22-16-23-14(9-15(25)24-16)12-5-7-21-8-6-12/h1-9H,10H2,(H2,22,23,24,25). The highest BCUT2D eigenvalue weighted by Crippen LogP contribution is 2.29.